The Kier molecular flexibility index (Phi) is 5.30. The fourth-order valence-corrected chi connectivity index (χ4v) is 2.82. The van der Waals surface area contributed by atoms with Crippen LogP contribution in [0.15, 0.2) is 29.2 Å². The maximum Gasteiger partial charge on any atom is 0.00721 e. The van der Waals surface area contributed by atoms with E-state index in [1.54, 1.807) is 0 Å². The molecule has 0 aliphatic heterocycles. The first-order valence-corrected chi connectivity index (χ1v) is 7.67. The Morgan fingerprint density at radius 1 is 1.00 bits per heavy atom. The molecule has 0 aliphatic carbocycles. The second-order valence-corrected chi connectivity index (χ2v) is 7.91. The molecule has 0 aromatic heterocycles. The van der Waals surface area contributed by atoms with Crippen molar-refractivity contribution in [3.63, 3.8) is 0 Å². The van der Waals surface area contributed by atoms with Crippen molar-refractivity contribution in [3.8, 4) is 0 Å². The van der Waals surface area contributed by atoms with E-state index in [-0.39, 0.29) is 10.8 Å². The quantitative estimate of drug-likeness (QED) is 0.796. The molecule has 2 N–H and O–H groups in total. The lowest BCUT2D eigenvalue weighted by Crippen LogP contribution is -2.23. The van der Waals surface area contributed by atoms with E-state index in [4.69, 9.17) is 5.73 Å². The van der Waals surface area contributed by atoms with Gasteiger partial charge in [0.25, 0.3) is 0 Å². The summed E-state index contributed by atoms with van der Waals surface area (Å²) in [6.07, 6.45) is 1.16. The predicted octanol–water partition coefficient (Wildman–Crippen LogP) is 4.45. The highest BCUT2D eigenvalue weighted by atomic mass is 32.2. The van der Waals surface area contributed by atoms with Gasteiger partial charge >= 0.3 is 0 Å². The van der Waals surface area contributed by atoms with Gasteiger partial charge in [-0.2, -0.15) is 0 Å². The largest absolute Gasteiger partial charge is 0.330 e. The lowest BCUT2D eigenvalue weighted by atomic mass is 9.87. The van der Waals surface area contributed by atoms with Crippen molar-refractivity contribution in [2.45, 2.75) is 51.3 Å². The molecule has 0 atom stereocenters. The highest BCUT2D eigenvalue weighted by Crippen LogP contribution is 2.28. The van der Waals surface area contributed by atoms with Crippen molar-refractivity contribution >= 4 is 11.8 Å². The van der Waals surface area contributed by atoms with Crippen molar-refractivity contribution in [2.24, 2.45) is 11.1 Å². The lowest BCUT2D eigenvalue weighted by Gasteiger charge is -2.22. The van der Waals surface area contributed by atoms with Gasteiger partial charge in [0, 0.05) is 4.90 Å². The summed E-state index contributed by atoms with van der Waals surface area (Å²) in [5.74, 6) is 1.14. The van der Waals surface area contributed by atoms with Gasteiger partial charge in [0.2, 0.25) is 0 Å². The molecule has 0 bridgehead atoms. The van der Waals surface area contributed by atoms with Crippen LogP contribution in [0, 0.1) is 5.41 Å². The second kappa shape index (κ2) is 6.12. The zero-order chi connectivity index (χ0) is 13.8. The molecule has 1 aromatic rings. The minimum atomic E-state index is 0.241. The molecule has 102 valence electrons. The third kappa shape index (κ3) is 5.03. The second-order valence-electron chi connectivity index (χ2n) is 6.74. The number of hydrogen-bond donors (Lipinski definition) is 1. The first-order valence-electron chi connectivity index (χ1n) is 6.68. The summed E-state index contributed by atoms with van der Waals surface area (Å²) in [4.78, 5) is 1.36. The van der Waals surface area contributed by atoms with E-state index >= 15 is 0 Å². The number of rotatable bonds is 5. The Labute approximate surface area is 117 Å². The van der Waals surface area contributed by atoms with Crippen molar-refractivity contribution < 1.29 is 0 Å². The van der Waals surface area contributed by atoms with E-state index in [0.29, 0.717) is 0 Å². The van der Waals surface area contributed by atoms with Crippen LogP contribution in [0.5, 0.6) is 0 Å². The van der Waals surface area contributed by atoms with Crippen LogP contribution in [-0.2, 0) is 5.41 Å². The zero-order valence-electron chi connectivity index (χ0n) is 12.4. The molecule has 0 fully saturated rings. The first kappa shape index (κ1) is 15.6. The smallest absolute Gasteiger partial charge is 0.00721 e. The molecule has 0 spiro atoms. The van der Waals surface area contributed by atoms with Crippen molar-refractivity contribution in [2.75, 3.05) is 12.3 Å². The van der Waals surface area contributed by atoms with Crippen LogP contribution in [0.25, 0.3) is 0 Å². The Hall–Kier alpha value is -0.470. The van der Waals surface area contributed by atoms with Gasteiger partial charge in [-0.3, -0.25) is 0 Å². The molecule has 0 unspecified atom stereocenters. The summed E-state index contributed by atoms with van der Waals surface area (Å²) in [5.41, 5.74) is 7.64. The van der Waals surface area contributed by atoms with Crippen LogP contribution in [0.3, 0.4) is 0 Å². The van der Waals surface area contributed by atoms with Crippen LogP contribution in [0.2, 0.25) is 0 Å². The Morgan fingerprint density at radius 2 is 1.56 bits per heavy atom. The minimum absolute atomic E-state index is 0.241. The van der Waals surface area contributed by atoms with Gasteiger partial charge in [-0.25, -0.2) is 0 Å². The highest BCUT2D eigenvalue weighted by Gasteiger charge is 2.15. The van der Waals surface area contributed by atoms with E-state index in [9.17, 15) is 0 Å². The first-order chi connectivity index (χ1) is 8.24. The Morgan fingerprint density at radius 3 is 2.00 bits per heavy atom. The third-order valence-corrected chi connectivity index (χ3v) is 4.33. The van der Waals surface area contributed by atoms with Crippen molar-refractivity contribution in [1.29, 1.82) is 0 Å². The third-order valence-electron chi connectivity index (χ3n) is 3.32. The maximum atomic E-state index is 5.74. The van der Waals surface area contributed by atoms with Gasteiger partial charge in [-0.05, 0) is 47.2 Å². The molecule has 0 radical (unpaired) electrons. The van der Waals surface area contributed by atoms with Gasteiger partial charge < -0.3 is 5.73 Å². The summed E-state index contributed by atoms with van der Waals surface area (Å²) in [5, 5.41) is 0. The van der Waals surface area contributed by atoms with Crippen LogP contribution in [0.4, 0.5) is 0 Å². The number of thioether (sulfide) groups is 1. The molecule has 0 heterocycles. The molecule has 18 heavy (non-hydrogen) atoms. The standard InChI is InChI=1S/C16H27NS/c1-15(2,3)13-6-8-14(9-7-13)18-11-10-16(4,5)12-17/h6-9H,10-12,17H2,1-5H3. The summed E-state index contributed by atoms with van der Waals surface area (Å²) in [6, 6.07) is 8.97. The summed E-state index contributed by atoms with van der Waals surface area (Å²) >= 11 is 1.93. The van der Waals surface area contributed by atoms with Crippen molar-refractivity contribution in [1.82, 2.24) is 0 Å². The van der Waals surface area contributed by atoms with E-state index in [2.05, 4.69) is 58.9 Å². The molecule has 0 saturated carbocycles. The Balaban J connectivity index is 2.50. The van der Waals surface area contributed by atoms with Gasteiger partial charge in [0.1, 0.15) is 0 Å². The number of hydrogen-bond acceptors (Lipinski definition) is 2. The van der Waals surface area contributed by atoms with Gasteiger partial charge in [0.05, 0.1) is 0 Å². The minimum Gasteiger partial charge on any atom is -0.330 e. The van der Waals surface area contributed by atoms with Gasteiger partial charge in [-0.15, -0.1) is 11.8 Å². The summed E-state index contributed by atoms with van der Waals surface area (Å²) < 4.78 is 0. The highest BCUT2D eigenvalue weighted by molar-refractivity contribution is 7.99. The molecule has 0 amide bonds. The summed E-state index contributed by atoms with van der Waals surface area (Å²) in [6.45, 7) is 12.0. The van der Waals surface area contributed by atoms with E-state index in [0.717, 1.165) is 18.7 Å². The van der Waals surface area contributed by atoms with Crippen LogP contribution in [0.1, 0.15) is 46.6 Å². The monoisotopic (exact) mass is 265 g/mol. The predicted molar refractivity (Wildman–Crippen MR) is 83.3 cm³/mol. The lowest BCUT2D eigenvalue weighted by molar-refractivity contribution is 0.368. The van der Waals surface area contributed by atoms with Crippen molar-refractivity contribution in [3.05, 3.63) is 29.8 Å². The van der Waals surface area contributed by atoms with Crippen LogP contribution in [-0.4, -0.2) is 12.3 Å². The van der Waals surface area contributed by atoms with Gasteiger partial charge in [0.15, 0.2) is 0 Å². The Bertz CT molecular complexity index is 360. The SMILES string of the molecule is CC(C)(CN)CCSc1ccc(C(C)(C)C)cc1. The summed E-state index contributed by atoms with van der Waals surface area (Å²) in [7, 11) is 0. The normalized spacial score (nSPS) is 12.8. The fraction of sp³-hybridized carbons (Fsp3) is 0.625. The number of nitrogens with two attached hydrogens (primary N) is 1. The van der Waals surface area contributed by atoms with Crippen LogP contribution >= 0.6 is 11.8 Å². The fourth-order valence-electron chi connectivity index (χ4n) is 1.60. The molecular formula is C16H27NS. The molecule has 0 aliphatic rings. The zero-order valence-corrected chi connectivity index (χ0v) is 13.2. The average Bonchev–Trinajstić information content (AvgIpc) is 2.28. The van der Waals surface area contributed by atoms with Crippen LogP contribution < -0.4 is 5.73 Å². The molecule has 1 aromatic carbocycles. The number of benzene rings is 1. The molecule has 1 rings (SSSR count). The van der Waals surface area contributed by atoms with Gasteiger partial charge in [-0.1, -0.05) is 46.8 Å². The average molecular weight is 265 g/mol. The van der Waals surface area contributed by atoms with E-state index < -0.39 is 0 Å². The molecule has 2 heteroatoms. The van der Waals surface area contributed by atoms with E-state index in [1.807, 2.05) is 11.8 Å². The molecular weight excluding hydrogens is 238 g/mol. The molecule has 0 saturated heterocycles. The topological polar surface area (TPSA) is 26.0 Å². The van der Waals surface area contributed by atoms with E-state index in [1.165, 1.54) is 10.5 Å². The maximum absolute atomic E-state index is 5.74. The molecule has 1 nitrogen and oxygen atoms in total.